The van der Waals surface area contributed by atoms with Crippen molar-refractivity contribution in [3.63, 3.8) is 0 Å². The quantitative estimate of drug-likeness (QED) is 0.0484. The molecule has 0 bridgehead atoms. The Hall–Kier alpha value is -7.49. The van der Waals surface area contributed by atoms with Crippen LogP contribution in [0.4, 0.5) is 4.79 Å². The monoisotopic (exact) mass is 1040 g/mol. The zero-order chi connectivity index (χ0) is 53.4. The second-order valence-electron chi connectivity index (χ2n) is 20.1. The Balaban J connectivity index is 1.06. The lowest BCUT2D eigenvalue weighted by molar-refractivity contribution is -0.344. The van der Waals surface area contributed by atoms with E-state index in [1.54, 1.807) is 20.8 Å². The van der Waals surface area contributed by atoms with Gasteiger partial charge in [-0.25, -0.2) is 9.59 Å². The Kier molecular flexibility index (Phi) is 18.7. The van der Waals surface area contributed by atoms with Gasteiger partial charge < -0.3 is 38.5 Å². The van der Waals surface area contributed by atoms with Crippen LogP contribution in [-0.4, -0.2) is 78.5 Å². The molecular formula is C64H66N2O11. The van der Waals surface area contributed by atoms with Gasteiger partial charge >= 0.3 is 12.1 Å². The molecule has 6 atom stereocenters. The number of alkyl carbamates (subject to hydrolysis) is 1. The molecule has 1 aliphatic heterocycles. The largest absolute Gasteiger partial charge is 0.458 e. The maximum absolute atomic E-state index is 15.5. The Bertz CT molecular complexity index is 2910. The van der Waals surface area contributed by atoms with Gasteiger partial charge in [-0.15, -0.1) is 0 Å². The average Bonchev–Trinajstić information content (AvgIpc) is 3.90. The van der Waals surface area contributed by atoms with Crippen LogP contribution in [0.15, 0.2) is 200 Å². The summed E-state index contributed by atoms with van der Waals surface area (Å²) < 4.78 is 46.2. The first-order chi connectivity index (χ1) is 37.6. The van der Waals surface area contributed by atoms with Crippen LogP contribution in [0.5, 0.6) is 0 Å². The van der Waals surface area contributed by atoms with Gasteiger partial charge in [0, 0.05) is 5.92 Å². The van der Waals surface area contributed by atoms with Crippen LogP contribution in [0, 0.1) is 0 Å². The lowest BCUT2D eigenvalue weighted by Crippen LogP contribution is -2.66. The second-order valence-corrected chi connectivity index (χ2v) is 20.1. The molecule has 2 amide bonds. The molecule has 13 heteroatoms. The van der Waals surface area contributed by atoms with Gasteiger partial charge in [0.2, 0.25) is 0 Å². The van der Waals surface area contributed by atoms with Crippen molar-refractivity contribution >= 4 is 18.0 Å². The minimum absolute atomic E-state index is 0.00599. The summed E-state index contributed by atoms with van der Waals surface area (Å²) in [6.07, 6.45) is -6.64. The normalized spacial score (nSPS) is 18.4. The summed E-state index contributed by atoms with van der Waals surface area (Å²) in [5.74, 6) is -1.84. The highest BCUT2D eigenvalue weighted by molar-refractivity contribution is 5.88. The summed E-state index contributed by atoms with van der Waals surface area (Å²) in [5.41, 5.74) is 7.53. The first-order valence-corrected chi connectivity index (χ1v) is 26.1. The average molecular weight is 1040 g/mol. The van der Waals surface area contributed by atoms with E-state index < -0.39 is 66.7 Å². The van der Waals surface area contributed by atoms with Gasteiger partial charge in [-0.1, -0.05) is 200 Å². The third-order valence-electron chi connectivity index (χ3n) is 13.3. The fraction of sp³-hybridized carbons (Fsp3) is 0.297. The van der Waals surface area contributed by atoms with Crippen molar-refractivity contribution in [2.24, 2.45) is 0 Å². The summed E-state index contributed by atoms with van der Waals surface area (Å²) in [4.78, 5) is 50.5. The molecule has 13 nitrogen and oxygen atoms in total. The smallest absolute Gasteiger partial charge is 0.407 e. The summed E-state index contributed by atoms with van der Waals surface area (Å²) in [6, 6.07) is 62.8. The maximum Gasteiger partial charge on any atom is 0.407 e. The van der Waals surface area contributed by atoms with Gasteiger partial charge in [0.15, 0.2) is 6.23 Å². The molecule has 398 valence electrons. The number of rotatable bonds is 23. The number of nitrogens with zero attached hydrogens (tertiary/aromatic N) is 1. The van der Waals surface area contributed by atoms with Crippen molar-refractivity contribution in [1.29, 1.82) is 0 Å². The van der Waals surface area contributed by atoms with Crippen molar-refractivity contribution < 1.29 is 52.4 Å². The standard InChI is InChI=1S/C64H66N2O11/c1-64(2,3)77-62(68)55(65-63(69)74-43-54-52-35-21-19-33-50(52)51-34-20-22-36-53(51)54)37-57(67)66(75-42-49-31-17-8-18-32-49)61-60(73-41-48-29-15-7-16-30-48)59(72-40-47-27-13-6-14-28-47)58(71-39-46-25-11-5-12-26-46)56(76-61)44-70-38-45-23-9-4-10-24-45/h4-36,54-56,58-61H,37-44H2,1-3H3,(H,65,69)/t55-,56+,58+,59-,60+,61-/m0/s1. The number of benzene rings is 7. The Morgan fingerprint density at radius 3 is 1.44 bits per heavy atom. The molecule has 1 heterocycles. The summed E-state index contributed by atoms with van der Waals surface area (Å²) in [7, 11) is 0. The van der Waals surface area contributed by atoms with Gasteiger partial charge in [0.05, 0.1) is 39.5 Å². The molecule has 77 heavy (non-hydrogen) atoms. The first kappa shape index (κ1) is 54.3. The van der Waals surface area contributed by atoms with Gasteiger partial charge in [0.25, 0.3) is 5.91 Å². The maximum atomic E-state index is 15.5. The van der Waals surface area contributed by atoms with Crippen LogP contribution in [0.1, 0.15) is 72.1 Å². The molecule has 2 aliphatic rings. The number of esters is 1. The van der Waals surface area contributed by atoms with Crippen molar-refractivity contribution in [3.05, 3.63) is 239 Å². The lowest BCUT2D eigenvalue weighted by Gasteiger charge is -2.48. The van der Waals surface area contributed by atoms with Gasteiger partial charge in [-0.3, -0.25) is 9.63 Å². The van der Waals surface area contributed by atoms with Crippen molar-refractivity contribution in [2.75, 3.05) is 13.2 Å². The number of amides is 2. The minimum Gasteiger partial charge on any atom is -0.458 e. The predicted octanol–water partition coefficient (Wildman–Crippen LogP) is 11.3. The van der Waals surface area contributed by atoms with E-state index in [0.29, 0.717) is 0 Å². The molecule has 0 aromatic heterocycles. The van der Waals surface area contributed by atoms with Crippen LogP contribution in [0.25, 0.3) is 11.1 Å². The van der Waals surface area contributed by atoms with Crippen molar-refractivity contribution in [3.8, 4) is 11.1 Å². The predicted molar refractivity (Wildman–Crippen MR) is 290 cm³/mol. The van der Waals surface area contributed by atoms with Crippen molar-refractivity contribution in [2.45, 2.75) is 108 Å². The Labute approximate surface area is 450 Å². The molecule has 0 unspecified atom stereocenters. The first-order valence-electron chi connectivity index (χ1n) is 26.1. The van der Waals surface area contributed by atoms with E-state index in [9.17, 15) is 9.59 Å². The Morgan fingerprint density at radius 2 is 0.948 bits per heavy atom. The molecule has 7 aromatic rings. The number of fused-ring (bicyclic) bond motifs is 3. The fourth-order valence-corrected chi connectivity index (χ4v) is 9.57. The van der Waals surface area contributed by atoms with Gasteiger partial charge in [-0.2, -0.15) is 5.06 Å². The van der Waals surface area contributed by atoms with Gasteiger partial charge in [-0.05, 0) is 70.8 Å². The van der Waals surface area contributed by atoms with E-state index in [1.807, 2.05) is 200 Å². The number of hydrogen-bond acceptors (Lipinski definition) is 11. The van der Waals surface area contributed by atoms with Crippen molar-refractivity contribution in [1.82, 2.24) is 10.4 Å². The number of ether oxygens (including phenoxy) is 7. The Morgan fingerprint density at radius 1 is 0.519 bits per heavy atom. The zero-order valence-electron chi connectivity index (χ0n) is 43.7. The molecule has 9 rings (SSSR count). The highest BCUT2D eigenvalue weighted by Crippen LogP contribution is 2.44. The number of carbonyl (C=O) groups is 3. The number of hydroxylamine groups is 2. The molecular weight excluding hydrogens is 973 g/mol. The van der Waals surface area contributed by atoms with E-state index in [1.165, 1.54) is 0 Å². The summed E-state index contributed by atoms with van der Waals surface area (Å²) >= 11 is 0. The van der Waals surface area contributed by atoms with Crippen LogP contribution in [-0.2, 0) is 80.6 Å². The number of carbonyl (C=O) groups excluding carboxylic acids is 3. The third-order valence-corrected chi connectivity index (χ3v) is 13.3. The summed E-state index contributed by atoms with van der Waals surface area (Å²) in [5, 5.41) is 3.80. The number of nitrogens with one attached hydrogen (secondary N) is 1. The SMILES string of the molecule is CC(C)(C)OC(=O)[C@H](CC(=O)N(OCc1ccccc1)[C@H]1O[C@H](COCc2ccccc2)[C@@H](OCc2ccccc2)[C@H](OCc2ccccc2)[C@H]1OCc1ccccc1)NC(=O)OCC1c2ccccc2-c2ccccc21. The highest BCUT2D eigenvalue weighted by Gasteiger charge is 2.52. The second kappa shape index (κ2) is 26.5. The zero-order valence-corrected chi connectivity index (χ0v) is 43.7. The molecule has 1 fully saturated rings. The topological polar surface area (TPSA) is 140 Å². The van der Waals surface area contributed by atoms with E-state index in [2.05, 4.69) is 5.32 Å². The van der Waals surface area contributed by atoms with Gasteiger partial charge in [0.1, 0.15) is 49.3 Å². The highest BCUT2D eigenvalue weighted by atomic mass is 16.7. The fourth-order valence-electron chi connectivity index (χ4n) is 9.57. The molecule has 7 aromatic carbocycles. The molecule has 0 saturated carbocycles. The van der Waals surface area contributed by atoms with E-state index >= 15 is 4.79 Å². The molecule has 1 saturated heterocycles. The summed E-state index contributed by atoms with van der Waals surface area (Å²) in [6.45, 7) is 5.71. The minimum atomic E-state index is -1.54. The van der Waals surface area contributed by atoms with Crippen LogP contribution >= 0.6 is 0 Å². The molecule has 0 spiro atoms. The number of hydrogen-bond donors (Lipinski definition) is 1. The molecule has 0 radical (unpaired) electrons. The van der Waals surface area contributed by atoms with E-state index in [0.717, 1.165) is 55.1 Å². The lowest BCUT2D eigenvalue weighted by atomic mass is 9.96. The van der Waals surface area contributed by atoms with E-state index in [4.69, 9.17) is 38.0 Å². The molecule has 1 N–H and O–H groups in total. The van der Waals surface area contributed by atoms with Crippen LogP contribution in [0.2, 0.25) is 0 Å². The molecule has 1 aliphatic carbocycles. The van der Waals surface area contributed by atoms with E-state index in [-0.39, 0.29) is 52.2 Å². The third kappa shape index (κ3) is 14.9. The van der Waals surface area contributed by atoms with Crippen LogP contribution in [0.3, 0.4) is 0 Å². The van der Waals surface area contributed by atoms with Crippen LogP contribution < -0.4 is 5.32 Å².